The SMILES string of the molecule is COC(=O)C1(N(C(=O)C(F)(F)F)c2cccc(Cl)c2)CCC2(CC1)c1cc(OCCCC(=O)N[C@H](C)c3cccc(-c4cnc(C#N)nc4)c3)ccc1C[C@@H]2C[C@@H](C)COc1ccnc2c1[C@H](C)CCC2. The van der Waals surface area contributed by atoms with Crippen LogP contribution in [0.3, 0.4) is 0 Å². The van der Waals surface area contributed by atoms with Gasteiger partial charge in [-0.3, -0.25) is 19.5 Å². The van der Waals surface area contributed by atoms with Gasteiger partial charge in [-0.1, -0.05) is 55.8 Å². The second-order valence-electron chi connectivity index (χ2n) is 19.4. The van der Waals surface area contributed by atoms with Crippen LogP contribution >= 0.6 is 11.6 Å². The number of carbonyl (C=O) groups excluding carboxylic acids is 3. The van der Waals surface area contributed by atoms with Crippen LogP contribution in [0.4, 0.5) is 18.9 Å². The van der Waals surface area contributed by atoms with E-state index in [9.17, 15) is 27.6 Å². The van der Waals surface area contributed by atoms with Gasteiger partial charge >= 0.3 is 18.1 Å². The lowest BCUT2D eigenvalue weighted by Crippen LogP contribution is -2.63. The Labute approximate surface area is 417 Å². The van der Waals surface area contributed by atoms with Gasteiger partial charge in [0.05, 0.1) is 26.4 Å². The molecule has 0 radical (unpaired) electrons. The fraction of sp³-hybridized carbons (Fsp3) is 0.436. The van der Waals surface area contributed by atoms with E-state index >= 15 is 0 Å². The van der Waals surface area contributed by atoms with Crippen LogP contribution in [0.15, 0.2) is 91.4 Å². The Kier molecular flexibility index (Phi) is 15.4. The molecule has 3 aliphatic rings. The van der Waals surface area contributed by atoms with E-state index in [1.165, 1.54) is 29.8 Å². The van der Waals surface area contributed by atoms with E-state index in [0.717, 1.165) is 72.1 Å². The Balaban J connectivity index is 0.999. The summed E-state index contributed by atoms with van der Waals surface area (Å²) in [5.41, 5.74) is 4.10. The van der Waals surface area contributed by atoms with Crippen molar-refractivity contribution >= 4 is 35.1 Å². The smallest absolute Gasteiger partial charge is 0.471 e. The number of hydrogen-bond donors (Lipinski definition) is 1. The number of hydrogen-bond acceptors (Lipinski definition) is 10. The number of nitrogens with zero attached hydrogens (tertiary/aromatic N) is 5. The first kappa shape index (κ1) is 50.8. The minimum Gasteiger partial charge on any atom is -0.494 e. The number of aromatic nitrogens is 3. The molecule has 2 aromatic heterocycles. The molecule has 5 aromatic rings. The third kappa shape index (κ3) is 10.9. The molecule has 4 atom stereocenters. The van der Waals surface area contributed by atoms with Crippen LogP contribution in [0.5, 0.6) is 11.5 Å². The number of rotatable bonds is 16. The summed E-state index contributed by atoms with van der Waals surface area (Å²) in [4.78, 5) is 54.0. The molecule has 0 saturated heterocycles. The van der Waals surface area contributed by atoms with Crippen molar-refractivity contribution in [2.45, 2.75) is 120 Å². The van der Waals surface area contributed by atoms with Crippen LogP contribution in [0, 0.1) is 23.2 Å². The summed E-state index contributed by atoms with van der Waals surface area (Å²) in [7, 11) is 1.13. The lowest BCUT2D eigenvalue weighted by Gasteiger charge is -2.51. The van der Waals surface area contributed by atoms with E-state index in [0.29, 0.717) is 36.0 Å². The van der Waals surface area contributed by atoms with Gasteiger partial charge in [0.1, 0.15) is 23.1 Å². The molecule has 0 aliphatic heterocycles. The zero-order valence-electron chi connectivity index (χ0n) is 40.4. The number of carbonyl (C=O) groups is 3. The van der Waals surface area contributed by atoms with Crippen molar-refractivity contribution in [3.05, 3.63) is 130 Å². The summed E-state index contributed by atoms with van der Waals surface area (Å²) < 4.78 is 61.9. The molecule has 0 bridgehead atoms. The fourth-order valence-corrected chi connectivity index (χ4v) is 11.5. The molecule has 8 rings (SSSR count). The molecular formula is C55H58ClF3N6O6. The zero-order valence-corrected chi connectivity index (χ0v) is 41.1. The van der Waals surface area contributed by atoms with Crippen LogP contribution in [0.2, 0.25) is 5.02 Å². The Bertz CT molecular complexity index is 2790. The normalized spacial score (nSPS) is 21.2. The van der Waals surface area contributed by atoms with Crippen LogP contribution in [0.1, 0.15) is 124 Å². The van der Waals surface area contributed by atoms with Gasteiger partial charge in [-0.15, -0.1) is 0 Å². The lowest BCUT2D eigenvalue weighted by atomic mass is 9.59. The maximum absolute atomic E-state index is 14.6. The minimum absolute atomic E-state index is 0.00837. The van der Waals surface area contributed by atoms with Crippen LogP contribution in [-0.4, -0.2) is 64.8 Å². The molecule has 1 spiro atoms. The van der Waals surface area contributed by atoms with Gasteiger partial charge in [0.2, 0.25) is 11.7 Å². The fourth-order valence-electron chi connectivity index (χ4n) is 11.3. The number of pyridine rings is 1. The highest BCUT2D eigenvalue weighted by atomic mass is 35.5. The summed E-state index contributed by atoms with van der Waals surface area (Å²) in [6, 6.07) is 22.8. The zero-order chi connectivity index (χ0) is 50.5. The van der Waals surface area contributed by atoms with E-state index < -0.39 is 29.0 Å². The molecule has 372 valence electrons. The second kappa shape index (κ2) is 21.4. The predicted octanol–water partition coefficient (Wildman–Crippen LogP) is 11.1. The monoisotopic (exact) mass is 990 g/mol. The number of amides is 2. The van der Waals surface area contributed by atoms with E-state index in [2.05, 4.69) is 34.1 Å². The van der Waals surface area contributed by atoms with Crippen molar-refractivity contribution in [1.29, 1.82) is 5.26 Å². The molecule has 2 heterocycles. The lowest BCUT2D eigenvalue weighted by molar-refractivity contribution is -0.174. The largest absolute Gasteiger partial charge is 0.494 e. The molecule has 3 aliphatic carbocycles. The molecule has 3 aromatic carbocycles. The first-order chi connectivity index (χ1) is 34.0. The predicted molar refractivity (Wildman–Crippen MR) is 262 cm³/mol. The number of aryl methyl sites for hydroxylation is 1. The molecule has 12 nitrogen and oxygen atoms in total. The summed E-state index contributed by atoms with van der Waals surface area (Å²) >= 11 is 6.29. The van der Waals surface area contributed by atoms with Crippen molar-refractivity contribution in [3.63, 3.8) is 0 Å². The van der Waals surface area contributed by atoms with Gasteiger partial charge in [-0.05, 0) is 159 Å². The minimum atomic E-state index is -5.30. The third-order valence-corrected chi connectivity index (χ3v) is 15.0. The number of benzene rings is 3. The molecular weight excluding hydrogens is 933 g/mol. The molecule has 1 fully saturated rings. The average molecular weight is 992 g/mol. The number of ether oxygens (including phenoxy) is 3. The number of methoxy groups -OCH3 is 1. The number of esters is 1. The number of fused-ring (bicyclic) bond motifs is 3. The maximum Gasteiger partial charge on any atom is 0.471 e. The molecule has 1 N–H and O–H groups in total. The van der Waals surface area contributed by atoms with Crippen molar-refractivity contribution in [2.24, 2.45) is 11.8 Å². The number of nitriles is 1. The number of halogens is 4. The standard InChI is InChI=1S/C55H58ClF3N6O6/c1-34(33-71-47-18-23-61-46-14-5-9-35(2)50(46)47)25-41-27-39-16-17-44(70-24-8-15-49(66)64-36(3)37-10-6-11-38(26-37)40-31-62-48(30-60)63-32-40)29-45(39)53(41)19-21-54(22-20-53,52(68)69-4)65(51(67)55(57,58)59)43-13-7-12-42(56)28-43/h6-7,10-13,16-18,23,26,28-29,31-32,34-36,41H,5,8-9,14-15,19-22,24-25,27,33H2,1-4H3,(H,64,66)/t34-,35-,36-,41+,53?,54?/m1/s1. The van der Waals surface area contributed by atoms with E-state index in [-0.39, 0.29) is 79.0 Å². The Hall–Kier alpha value is -6.53. The van der Waals surface area contributed by atoms with E-state index in [4.69, 9.17) is 31.1 Å². The Morgan fingerprint density at radius 1 is 0.958 bits per heavy atom. The van der Waals surface area contributed by atoms with Gasteiger partial charge in [-0.2, -0.15) is 18.4 Å². The third-order valence-electron chi connectivity index (χ3n) is 14.8. The molecule has 16 heteroatoms. The first-order valence-corrected chi connectivity index (χ1v) is 24.7. The highest BCUT2D eigenvalue weighted by molar-refractivity contribution is 6.31. The Morgan fingerprint density at radius 3 is 2.44 bits per heavy atom. The van der Waals surface area contributed by atoms with E-state index in [1.54, 1.807) is 18.6 Å². The summed E-state index contributed by atoms with van der Waals surface area (Å²) in [6.07, 6.45) is 5.14. The van der Waals surface area contributed by atoms with Crippen LogP contribution < -0.4 is 19.7 Å². The average Bonchev–Trinajstić information content (AvgIpc) is 3.65. The first-order valence-electron chi connectivity index (χ1n) is 24.3. The summed E-state index contributed by atoms with van der Waals surface area (Å²) in [5.74, 6) is -1.31. The maximum atomic E-state index is 14.6. The summed E-state index contributed by atoms with van der Waals surface area (Å²) in [5, 5.41) is 12.2. The summed E-state index contributed by atoms with van der Waals surface area (Å²) in [6.45, 7) is 6.95. The quantitative estimate of drug-likeness (QED) is 0.0745. The van der Waals surface area contributed by atoms with E-state index in [1.807, 2.05) is 61.5 Å². The Morgan fingerprint density at radius 2 is 1.72 bits per heavy atom. The highest BCUT2D eigenvalue weighted by Gasteiger charge is 2.60. The number of alkyl halides is 3. The van der Waals surface area contributed by atoms with Crippen molar-refractivity contribution in [2.75, 3.05) is 25.2 Å². The van der Waals surface area contributed by atoms with Crippen molar-refractivity contribution in [3.8, 4) is 28.7 Å². The molecule has 2 amide bonds. The van der Waals surface area contributed by atoms with Gasteiger partial charge < -0.3 is 19.5 Å². The van der Waals surface area contributed by atoms with Crippen molar-refractivity contribution < 1.29 is 41.8 Å². The highest BCUT2D eigenvalue weighted by Crippen LogP contribution is 2.58. The number of nitrogens with one attached hydrogen (secondary N) is 1. The molecule has 0 unspecified atom stereocenters. The van der Waals surface area contributed by atoms with Crippen LogP contribution in [-0.2, 0) is 37.4 Å². The topological polar surface area (TPSA) is 157 Å². The van der Waals surface area contributed by atoms with Crippen LogP contribution in [0.25, 0.3) is 11.1 Å². The number of anilines is 1. The molecule has 71 heavy (non-hydrogen) atoms. The molecule has 1 saturated carbocycles. The second-order valence-corrected chi connectivity index (χ2v) is 19.8. The van der Waals surface area contributed by atoms with Gasteiger partial charge in [0.25, 0.3) is 0 Å². The van der Waals surface area contributed by atoms with Gasteiger partial charge in [0.15, 0.2) is 0 Å². The van der Waals surface area contributed by atoms with Crippen molar-refractivity contribution in [1.82, 2.24) is 20.3 Å². The van der Waals surface area contributed by atoms with Gasteiger partial charge in [0, 0.05) is 52.5 Å². The van der Waals surface area contributed by atoms with Gasteiger partial charge in [-0.25, -0.2) is 14.8 Å².